The molecule has 0 aliphatic heterocycles. The summed E-state index contributed by atoms with van der Waals surface area (Å²) in [6.07, 6.45) is 0.867. The first kappa shape index (κ1) is 10.1. The van der Waals surface area contributed by atoms with Gasteiger partial charge >= 0.3 is 18.9 Å². The fourth-order valence-corrected chi connectivity index (χ4v) is 1.28. The van der Waals surface area contributed by atoms with Gasteiger partial charge < -0.3 is 0 Å². The summed E-state index contributed by atoms with van der Waals surface area (Å²) in [4.78, 5) is 10.5. The fourth-order valence-electron chi connectivity index (χ4n) is 1.28. The summed E-state index contributed by atoms with van der Waals surface area (Å²) in [5.41, 5.74) is 0.730. The number of fused-ring (bicyclic) bond motifs is 1. The second kappa shape index (κ2) is 4.27. The van der Waals surface area contributed by atoms with Crippen LogP contribution in [0.2, 0.25) is 0 Å². The van der Waals surface area contributed by atoms with Gasteiger partial charge in [0.1, 0.15) is 6.29 Å². The zero-order valence-electron chi connectivity index (χ0n) is 6.53. The molecule has 0 bridgehead atoms. The summed E-state index contributed by atoms with van der Waals surface area (Å²) in [6.45, 7) is 0. The van der Waals surface area contributed by atoms with E-state index in [9.17, 15) is 4.79 Å². The van der Waals surface area contributed by atoms with Crippen LogP contribution in [0.4, 0.5) is 0 Å². The van der Waals surface area contributed by atoms with Gasteiger partial charge in [0.05, 0.1) is 0 Å². The molecular formula is C11H9LiO. The molecule has 0 amide bonds. The van der Waals surface area contributed by atoms with Crippen LogP contribution in [-0.4, -0.2) is 25.1 Å². The van der Waals surface area contributed by atoms with E-state index in [1.807, 2.05) is 42.5 Å². The van der Waals surface area contributed by atoms with E-state index in [0.717, 1.165) is 17.2 Å². The van der Waals surface area contributed by atoms with Crippen molar-refractivity contribution < 1.29 is 4.79 Å². The normalized spacial score (nSPS) is 9.23. The van der Waals surface area contributed by atoms with Crippen LogP contribution in [0.25, 0.3) is 10.8 Å². The van der Waals surface area contributed by atoms with E-state index < -0.39 is 0 Å². The third-order valence-electron chi connectivity index (χ3n) is 1.91. The first-order valence-electron chi connectivity index (χ1n) is 3.84. The van der Waals surface area contributed by atoms with E-state index in [1.54, 1.807) is 0 Å². The van der Waals surface area contributed by atoms with Crippen LogP contribution in [0.15, 0.2) is 42.5 Å². The summed E-state index contributed by atoms with van der Waals surface area (Å²) in [5.74, 6) is 0. The van der Waals surface area contributed by atoms with Gasteiger partial charge in [0.2, 0.25) is 0 Å². The van der Waals surface area contributed by atoms with Crippen LogP contribution in [0, 0.1) is 0 Å². The molecule has 0 N–H and O–H groups in total. The van der Waals surface area contributed by atoms with E-state index in [2.05, 4.69) is 0 Å². The minimum absolute atomic E-state index is 0. The zero-order valence-corrected chi connectivity index (χ0v) is 6.53. The van der Waals surface area contributed by atoms with Gasteiger partial charge in [-0.15, -0.1) is 0 Å². The quantitative estimate of drug-likeness (QED) is 0.465. The van der Waals surface area contributed by atoms with Crippen LogP contribution >= 0.6 is 0 Å². The Morgan fingerprint density at radius 2 is 1.62 bits per heavy atom. The van der Waals surface area contributed by atoms with Gasteiger partial charge in [-0.05, 0) is 16.8 Å². The van der Waals surface area contributed by atoms with Crippen LogP contribution in [-0.2, 0) is 0 Å². The Balaban J connectivity index is 0.000000845. The molecule has 0 radical (unpaired) electrons. The van der Waals surface area contributed by atoms with Crippen molar-refractivity contribution in [1.29, 1.82) is 0 Å². The van der Waals surface area contributed by atoms with Gasteiger partial charge in [-0.1, -0.05) is 36.4 Å². The van der Waals surface area contributed by atoms with Crippen LogP contribution in [0.3, 0.4) is 0 Å². The molecule has 0 aromatic heterocycles. The van der Waals surface area contributed by atoms with Crippen LogP contribution in [0.5, 0.6) is 0 Å². The molecule has 2 aromatic rings. The summed E-state index contributed by atoms with van der Waals surface area (Å²) in [6, 6.07) is 13.7. The third-order valence-corrected chi connectivity index (χ3v) is 1.91. The van der Waals surface area contributed by atoms with E-state index >= 15 is 0 Å². The first-order chi connectivity index (χ1) is 5.90. The number of benzene rings is 2. The molecule has 2 aromatic carbocycles. The van der Waals surface area contributed by atoms with E-state index in [0.29, 0.717) is 0 Å². The molecule has 0 saturated carbocycles. The van der Waals surface area contributed by atoms with Crippen molar-refractivity contribution in [3.63, 3.8) is 0 Å². The number of carbonyl (C=O) groups is 1. The molecule has 0 atom stereocenters. The molecular weight excluding hydrogens is 155 g/mol. The average molecular weight is 164 g/mol. The van der Waals surface area contributed by atoms with Gasteiger partial charge in [0, 0.05) is 5.56 Å². The van der Waals surface area contributed by atoms with Crippen molar-refractivity contribution in [2.45, 2.75) is 0 Å². The summed E-state index contributed by atoms with van der Waals surface area (Å²) < 4.78 is 0. The van der Waals surface area contributed by atoms with Crippen LogP contribution in [0.1, 0.15) is 10.4 Å². The van der Waals surface area contributed by atoms with Crippen molar-refractivity contribution in [2.24, 2.45) is 0 Å². The summed E-state index contributed by atoms with van der Waals surface area (Å²) in [7, 11) is 0. The summed E-state index contributed by atoms with van der Waals surface area (Å²) in [5, 5.41) is 2.28. The Morgan fingerprint density at radius 1 is 0.923 bits per heavy atom. The Kier molecular flexibility index (Phi) is 3.30. The minimum atomic E-state index is 0. The summed E-state index contributed by atoms with van der Waals surface area (Å²) >= 11 is 0. The van der Waals surface area contributed by atoms with Gasteiger partial charge in [-0.3, -0.25) is 4.79 Å². The standard InChI is InChI=1S/C11H8O.Li.H/c12-8-9-5-6-10-3-1-2-4-11(10)7-9;;/h1-8H;;. The molecule has 13 heavy (non-hydrogen) atoms. The SMILES string of the molecule is O=Cc1ccc2ccccc2c1.[LiH]. The number of rotatable bonds is 1. The fraction of sp³-hybridized carbons (Fsp3) is 0. The van der Waals surface area contributed by atoms with Crippen molar-refractivity contribution >= 4 is 35.9 Å². The monoisotopic (exact) mass is 164 g/mol. The Bertz CT molecular complexity index is 423. The van der Waals surface area contributed by atoms with E-state index in [1.165, 1.54) is 5.39 Å². The third kappa shape index (κ3) is 2.01. The van der Waals surface area contributed by atoms with Gasteiger partial charge in [0.25, 0.3) is 0 Å². The molecule has 0 fully saturated rings. The number of hydrogen-bond acceptors (Lipinski definition) is 1. The van der Waals surface area contributed by atoms with Crippen molar-refractivity contribution in [3.8, 4) is 0 Å². The molecule has 0 aliphatic rings. The van der Waals surface area contributed by atoms with Crippen molar-refractivity contribution in [1.82, 2.24) is 0 Å². The van der Waals surface area contributed by atoms with Crippen molar-refractivity contribution in [3.05, 3.63) is 48.0 Å². The Morgan fingerprint density at radius 3 is 2.31 bits per heavy atom. The Labute approximate surface area is 88.9 Å². The number of aldehydes is 1. The topological polar surface area (TPSA) is 17.1 Å². The number of hydrogen-bond donors (Lipinski definition) is 0. The van der Waals surface area contributed by atoms with E-state index in [-0.39, 0.29) is 18.9 Å². The molecule has 0 aliphatic carbocycles. The van der Waals surface area contributed by atoms with Gasteiger partial charge in [-0.2, -0.15) is 0 Å². The van der Waals surface area contributed by atoms with Gasteiger partial charge in [-0.25, -0.2) is 0 Å². The molecule has 0 unspecified atom stereocenters. The van der Waals surface area contributed by atoms with E-state index in [4.69, 9.17) is 0 Å². The molecule has 1 nitrogen and oxygen atoms in total. The molecule has 0 saturated heterocycles. The molecule has 2 rings (SSSR count). The predicted octanol–water partition coefficient (Wildman–Crippen LogP) is 2.00. The van der Waals surface area contributed by atoms with Crippen molar-refractivity contribution in [2.75, 3.05) is 0 Å². The van der Waals surface area contributed by atoms with Gasteiger partial charge in [0.15, 0.2) is 0 Å². The average Bonchev–Trinajstić information content (AvgIpc) is 2.17. The zero-order chi connectivity index (χ0) is 8.39. The number of carbonyl (C=O) groups excluding carboxylic acids is 1. The second-order valence-corrected chi connectivity index (χ2v) is 2.72. The maximum atomic E-state index is 10.5. The molecule has 0 heterocycles. The Hall–Kier alpha value is -1.03. The second-order valence-electron chi connectivity index (χ2n) is 2.72. The van der Waals surface area contributed by atoms with Crippen LogP contribution < -0.4 is 0 Å². The first-order valence-corrected chi connectivity index (χ1v) is 3.84. The maximum absolute atomic E-state index is 10.5. The molecule has 0 spiro atoms. The predicted molar refractivity (Wildman–Crippen MR) is 56.5 cm³/mol. The molecule has 2 heteroatoms. The molecule has 60 valence electrons.